The third-order valence-corrected chi connectivity index (χ3v) is 4.93. The number of hydrogen-bond donors (Lipinski definition) is 0. The Bertz CT molecular complexity index is 902. The van der Waals surface area contributed by atoms with E-state index in [9.17, 15) is 14.0 Å². The SMILES string of the molecule is Cc1nn(-c2ccc(F)cc2)c(Cl)c1/C=C/C(=O)OC(C)C(=O)N1CCCC1. The van der Waals surface area contributed by atoms with Gasteiger partial charge in [0.2, 0.25) is 0 Å². The summed E-state index contributed by atoms with van der Waals surface area (Å²) in [4.78, 5) is 26.0. The zero-order valence-electron chi connectivity index (χ0n) is 15.7. The standard InChI is InChI=1S/C20H21ClFN3O3/c1-13-17(19(21)25(23-13)16-7-5-15(22)6-8-16)9-10-18(26)28-14(2)20(27)24-11-3-4-12-24/h5-10,14H,3-4,11-12H2,1-2H3/b10-9+. The zero-order chi connectivity index (χ0) is 20.3. The van der Waals surface area contributed by atoms with Crippen molar-refractivity contribution >= 4 is 29.6 Å². The van der Waals surface area contributed by atoms with Crippen molar-refractivity contribution < 1.29 is 18.7 Å². The Balaban J connectivity index is 1.69. The number of esters is 1. The Labute approximate surface area is 167 Å². The van der Waals surface area contributed by atoms with Gasteiger partial charge in [0.1, 0.15) is 11.0 Å². The van der Waals surface area contributed by atoms with Crippen LogP contribution in [0, 0.1) is 12.7 Å². The van der Waals surface area contributed by atoms with Crippen LogP contribution in [0.5, 0.6) is 0 Å². The third-order valence-electron chi connectivity index (χ3n) is 4.56. The summed E-state index contributed by atoms with van der Waals surface area (Å²) in [7, 11) is 0. The second-order valence-corrected chi connectivity index (χ2v) is 6.98. The van der Waals surface area contributed by atoms with Crippen molar-refractivity contribution in [3.8, 4) is 5.69 Å². The summed E-state index contributed by atoms with van der Waals surface area (Å²) in [6.07, 6.45) is 3.83. The minimum atomic E-state index is -0.839. The van der Waals surface area contributed by atoms with E-state index in [0.29, 0.717) is 30.0 Å². The van der Waals surface area contributed by atoms with Crippen LogP contribution < -0.4 is 0 Å². The van der Waals surface area contributed by atoms with E-state index in [1.165, 1.54) is 29.0 Å². The second-order valence-electron chi connectivity index (χ2n) is 6.62. The molecule has 0 radical (unpaired) electrons. The summed E-state index contributed by atoms with van der Waals surface area (Å²) in [5.74, 6) is -1.17. The lowest BCUT2D eigenvalue weighted by molar-refractivity contribution is -0.154. The number of halogens is 2. The molecule has 2 aromatic rings. The Morgan fingerprint density at radius 1 is 1.25 bits per heavy atom. The van der Waals surface area contributed by atoms with Gasteiger partial charge in [0.05, 0.1) is 11.4 Å². The van der Waals surface area contributed by atoms with Gasteiger partial charge < -0.3 is 9.64 Å². The van der Waals surface area contributed by atoms with Crippen molar-refractivity contribution in [2.24, 2.45) is 0 Å². The molecule has 1 aromatic carbocycles. The summed E-state index contributed by atoms with van der Waals surface area (Å²) < 4.78 is 19.8. The van der Waals surface area contributed by atoms with Gasteiger partial charge in [-0.25, -0.2) is 13.9 Å². The van der Waals surface area contributed by atoms with E-state index in [1.807, 2.05) is 0 Å². The predicted molar refractivity (Wildman–Crippen MR) is 104 cm³/mol. The molecule has 0 spiro atoms. The average molecular weight is 406 g/mol. The van der Waals surface area contributed by atoms with Crippen molar-refractivity contribution in [2.45, 2.75) is 32.8 Å². The summed E-state index contributed by atoms with van der Waals surface area (Å²) >= 11 is 6.37. The van der Waals surface area contributed by atoms with Crippen LogP contribution in [0.25, 0.3) is 11.8 Å². The Kier molecular flexibility index (Phi) is 6.14. The first kappa shape index (κ1) is 20.1. The lowest BCUT2D eigenvalue weighted by atomic mass is 10.2. The molecule has 1 atom stereocenters. The quantitative estimate of drug-likeness (QED) is 0.563. The van der Waals surface area contributed by atoms with E-state index in [0.717, 1.165) is 12.8 Å². The molecular formula is C20H21ClFN3O3. The zero-order valence-corrected chi connectivity index (χ0v) is 16.4. The van der Waals surface area contributed by atoms with Crippen LogP contribution >= 0.6 is 11.6 Å². The monoisotopic (exact) mass is 405 g/mol. The number of ether oxygens (including phenoxy) is 1. The van der Waals surface area contributed by atoms with Crippen LogP contribution in [0.15, 0.2) is 30.3 Å². The van der Waals surface area contributed by atoms with Gasteiger partial charge in [0.15, 0.2) is 6.10 Å². The van der Waals surface area contributed by atoms with Crippen molar-refractivity contribution in [1.29, 1.82) is 0 Å². The summed E-state index contributed by atoms with van der Waals surface area (Å²) in [6.45, 7) is 4.72. The second kappa shape index (κ2) is 8.56. The number of aromatic nitrogens is 2. The van der Waals surface area contributed by atoms with Gasteiger partial charge in [-0.05, 0) is 57.0 Å². The molecule has 1 aliphatic rings. The van der Waals surface area contributed by atoms with E-state index >= 15 is 0 Å². The van der Waals surface area contributed by atoms with Gasteiger partial charge in [-0.2, -0.15) is 5.10 Å². The first-order valence-electron chi connectivity index (χ1n) is 9.05. The molecule has 3 rings (SSSR count). The number of amides is 1. The van der Waals surface area contributed by atoms with E-state index < -0.39 is 12.1 Å². The molecular weight excluding hydrogens is 385 g/mol. The highest BCUT2D eigenvalue weighted by Gasteiger charge is 2.25. The van der Waals surface area contributed by atoms with Gasteiger partial charge in [-0.3, -0.25) is 4.79 Å². The number of rotatable bonds is 5. The topological polar surface area (TPSA) is 64.4 Å². The fraction of sp³-hybridized carbons (Fsp3) is 0.350. The van der Waals surface area contributed by atoms with E-state index in [4.69, 9.17) is 16.3 Å². The molecule has 1 unspecified atom stereocenters. The lowest BCUT2D eigenvalue weighted by Crippen LogP contribution is -2.37. The summed E-state index contributed by atoms with van der Waals surface area (Å²) in [6, 6.07) is 5.74. The molecule has 6 nitrogen and oxygen atoms in total. The number of hydrogen-bond acceptors (Lipinski definition) is 4. The van der Waals surface area contributed by atoms with Gasteiger partial charge in [-0.15, -0.1) is 0 Å². The van der Waals surface area contributed by atoms with E-state index in [-0.39, 0.29) is 16.9 Å². The fourth-order valence-electron chi connectivity index (χ4n) is 3.06. The fourth-order valence-corrected chi connectivity index (χ4v) is 3.40. The van der Waals surface area contributed by atoms with E-state index in [1.54, 1.807) is 30.9 Å². The largest absolute Gasteiger partial charge is 0.449 e. The molecule has 0 saturated carbocycles. The smallest absolute Gasteiger partial charge is 0.331 e. The van der Waals surface area contributed by atoms with Crippen molar-refractivity contribution in [2.75, 3.05) is 13.1 Å². The Morgan fingerprint density at radius 2 is 1.89 bits per heavy atom. The minimum absolute atomic E-state index is 0.183. The average Bonchev–Trinajstić information content (AvgIpc) is 3.29. The van der Waals surface area contributed by atoms with Crippen LogP contribution in [-0.2, 0) is 14.3 Å². The predicted octanol–water partition coefficient (Wildman–Crippen LogP) is 3.54. The number of benzene rings is 1. The molecule has 1 aromatic heterocycles. The highest BCUT2D eigenvalue weighted by atomic mass is 35.5. The maximum atomic E-state index is 13.1. The highest BCUT2D eigenvalue weighted by molar-refractivity contribution is 6.31. The van der Waals surface area contributed by atoms with Crippen LogP contribution in [0.2, 0.25) is 5.15 Å². The van der Waals surface area contributed by atoms with Crippen LogP contribution in [0.4, 0.5) is 4.39 Å². The number of carbonyl (C=O) groups excluding carboxylic acids is 2. The molecule has 0 bridgehead atoms. The number of aryl methyl sites for hydroxylation is 1. The first-order chi connectivity index (χ1) is 13.4. The first-order valence-corrected chi connectivity index (χ1v) is 9.43. The summed E-state index contributed by atoms with van der Waals surface area (Å²) in [5, 5.41) is 4.61. The Hall–Kier alpha value is -2.67. The molecule has 2 heterocycles. The number of nitrogens with zero attached hydrogens (tertiary/aromatic N) is 3. The molecule has 0 N–H and O–H groups in total. The van der Waals surface area contributed by atoms with Gasteiger partial charge >= 0.3 is 5.97 Å². The van der Waals surface area contributed by atoms with Crippen molar-refractivity contribution in [3.63, 3.8) is 0 Å². The molecule has 1 amide bonds. The van der Waals surface area contributed by atoms with E-state index in [2.05, 4.69) is 5.10 Å². The maximum Gasteiger partial charge on any atom is 0.331 e. The van der Waals surface area contributed by atoms with Crippen molar-refractivity contribution in [3.05, 3.63) is 52.6 Å². The third kappa shape index (κ3) is 4.42. The van der Waals surface area contributed by atoms with Gasteiger partial charge in [0.25, 0.3) is 5.91 Å². The molecule has 0 aliphatic carbocycles. The normalized spacial score (nSPS) is 15.2. The number of likely N-dealkylation sites (tertiary alicyclic amines) is 1. The molecule has 1 aliphatic heterocycles. The van der Waals surface area contributed by atoms with Gasteiger partial charge in [0, 0.05) is 24.7 Å². The minimum Gasteiger partial charge on any atom is -0.449 e. The molecule has 8 heteroatoms. The molecule has 1 saturated heterocycles. The van der Waals surface area contributed by atoms with Crippen LogP contribution in [0.1, 0.15) is 31.0 Å². The molecule has 148 valence electrons. The van der Waals surface area contributed by atoms with Crippen LogP contribution in [-0.4, -0.2) is 45.8 Å². The lowest BCUT2D eigenvalue weighted by Gasteiger charge is -2.19. The van der Waals surface area contributed by atoms with Gasteiger partial charge in [-0.1, -0.05) is 11.6 Å². The highest BCUT2D eigenvalue weighted by Crippen LogP contribution is 2.25. The maximum absolute atomic E-state index is 13.1. The molecule has 28 heavy (non-hydrogen) atoms. The molecule has 1 fully saturated rings. The summed E-state index contributed by atoms with van der Waals surface area (Å²) in [5.41, 5.74) is 1.74. The van der Waals surface area contributed by atoms with Crippen molar-refractivity contribution in [1.82, 2.24) is 14.7 Å². The number of carbonyl (C=O) groups is 2. The Morgan fingerprint density at radius 3 is 2.54 bits per heavy atom. The van der Waals surface area contributed by atoms with Crippen LogP contribution in [0.3, 0.4) is 0 Å².